The molecule has 2 rings (SSSR count). The molecule has 2 unspecified atom stereocenters. The molecule has 2 amide bonds. The number of aliphatic hydroxyl groups excluding tert-OH is 1. The van der Waals surface area contributed by atoms with Crippen molar-refractivity contribution in [3.63, 3.8) is 0 Å². The number of hydrogen-bond donors (Lipinski definition) is 3. The van der Waals surface area contributed by atoms with Crippen molar-refractivity contribution in [2.24, 2.45) is 11.8 Å². The van der Waals surface area contributed by atoms with Crippen molar-refractivity contribution in [1.29, 1.82) is 0 Å². The Kier molecular flexibility index (Phi) is 6.77. The van der Waals surface area contributed by atoms with E-state index < -0.39 is 0 Å². The molecule has 1 saturated heterocycles. The van der Waals surface area contributed by atoms with E-state index in [0.29, 0.717) is 19.0 Å². The van der Waals surface area contributed by atoms with Gasteiger partial charge in [-0.2, -0.15) is 0 Å². The quantitative estimate of drug-likeness (QED) is 0.722. The maximum absolute atomic E-state index is 11.8. The zero-order valence-electron chi connectivity index (χ0n) is 13.3. The minimum atomic E-state index is -0.171. The molecule has 5 heteroatoms. The molecule has 1 aliphatic heterocycles. The number of rotatable bonds is 5. The van der Waals surface area contributed by atoms with E-state index in [4.69, 9.17) is 0 Å². The van der Waals surface area contributed by atoms with E-state index in [1.54, 1.807) is 0 Å². The summed E-state index contributed by atoms with van der Waals surface area (Å²) in [6, 6.07) is -0.0690. The van der Waals surface area contributed by atoms with Crippen LogP contribution >= 0.6 is 0 Å². The largest absolute Gasteiger partial charge is 0.393 e. The van der Waals surface area contributed by atoms with Crippen LogP contribution in [0.3, 0.4) is 0 Å². The summed E-state index contributed by atoms with van der Waals surface area (Å²) in [5.74, 6) is 1.28. The van der Waals surface area contributed by atoms with Gasteiger partial charge in [-0.1, -0.05) is 13.3 Å². The Balaban J connectivity index is 1.51. The van der Waals surface area contributed by atoms with Crippen LogP contribution in [0.2, 0.25) is 0 Å². The SMILES string of the molecule is CC1CCN(CCNC(=O)NCC2CCCC(O)C2)CC1. The Morgan fingerprint density at radius 3 is 2.67 bits per heavy atom. The van der Waals surface area contributed by atoms with Gasteiger partial charge in [-0.25, -0.2) is 4.79 Å². The molecular weight excluding hydrogens is 266 g/mol. The fourth-order valence-corrected chi connectivity index (χ4v) is 3.36. The van der Waals surface area contributed by atoms with Gasteiger partial charge in [-0.15, -0.1) is 0 Å². The molecule has 1 saturated carbocycles. The van der Waals surface area contributed by atoms with Crippen molar-refractivity contribution in [1.82, 2.24) is 15.5 Å². The molecule has 122 valence electrons. The highest BCUT2D eigenvalue weighted by Crippen LogP contribution is 2.23. The molecule has 2 aliphatic rings. The number of carbonyl (C=O) groups is 1. The van der Waals surface area contributed by atoms with Gasteiger partial charge >= 0.3 is 6.03 Å². The number of urea groups is 1. The van der Waals surface area contributed by atoms with Crippen molar-refractivity contribution in [3.8, 4) is 0 Å². The molecule has 2 atom stereocenters. The molecule has 0 aromatic carbocycles. The lowest BCUT2D eigenvalue weighted by molar-refractivity contribution is 0.101. The molecule has 1 heterocycles. The fourth-order valence-electron chi connectivity index (χ4n) is 3.36. The summed E-state index contributed by atoms with van der Waals surface area (Å²) < 4.78 is 0. The molecule has 3 N–H and O–H groups in total. The van der Waals surface area contributed by atoms with Crippen molar-refractivity contribution in [3.05, 3.63) is 0 Å². The molecule has 21 heavy (non-hydrogen) atoms. The minimum Gasteiger partial charge on any atom is -0.393 e. The summed E-state index contributed by atoms with van der Waals surface area (Å²) in [4.78, 5) is 14.2. The topological polar surface area (TPSA) is 64.6 Å². The number of carbonyl (C=O) groups excluding carboxylic acids is 1. The molecule has 0 spiro atoms. The van der Waals surface area contributed by atoms with Crippen molar-refractivity contribution in [2.75, 3.05) is 32.7 Å². The predicted molar refractivity (Wildman–Crippen MR) is 84.2 cm³/mol. The monoisotopic (exact) mass is 297 g/mol. The van der Waals surface area contributed by atoms with E-state index in [9.17, 15) is 9.90 Å². The third-order valence-corrected chi connectivity index (χ3v) is 4.90. The van der Waals surface area contributed by atoms with Gasteiger partial charge in [-0.05, 0) is 57.0 Å². The van der Waals surface area contributed by atoms with Gasteiger partial charge in [0.2, 0.25) is 0 Å². The van der Waals surface area contributed by atoms with E-state index in [1.807, 2.05) is 0 Å². The number of nitrogens with one attached hydrogen (secondary N) is 2. The van der Waals surface area contributed by atoms with Gasteiger partial charge in [0, 0.05) is 19.6 Å². The molecule has 0 radical (unpaired) electrons. The standard InChI is InChI=1S/C16H31N3O2/c1-13-5-8-19(9-6-13)10-7-17-16(21)18-12-14-3-2-4-15(20)11-14/h13-15,20H,2-12H2,1H3,(H2,17,18,21). The Morgan fingerprint density at radius 2 is 1.95 bits per heavy atom. The number of nitrogens with zero attached hydrogens (tertiary/aromatic N) is 1. The highest BCUT2D eigenvalue weighted by molar-refractivity contribution is 5.73. The molecular formula is C16H31N3O2. The second-order valence-corrected chi connectivity index (χ2v) is 6.85. The number of hydrogen-bond acceptors (Lipinski definition) is 3. The highest BCUT2D eigenvalue weighted by Gasteiger charge is 2.20. The van der Waals surface area contributed by atoms with Crippen molar-refractivity contribution < 1.29 is 9.90 Å². The number of piperidine rings is 1. The van der Waals surface area contributed by atoms with Crippen LogP contribution in [0.15, 0.2) is 0 Å². The van der Waals surface area contributed by atoms with Crippen LogP contribution in [0, 0.1) is 11.8 Å². The lowest BCUT2D eigenvalue weighted by atomic mass is 9.87. The van der Waals surface area contributed by atoms with Crippen LogP contribution in [-0.2, 0) is 0 Å². The van der Waals surface area contributed by atoms with Gasteiger partial charge in [0.25, 0.3) is 0 Å². The van der Waals surface area contributed by atoms with E-state index in [-0.39, 0.29) is 12.1 Å². The minimum absolute atomic E-state index is 0.0690. The predicted octanol–water partition coefficient (Wildman–Crippen LogP) is 1.57. The van der Waals surface area contributed by atoms with Gasteiger partial charge in [0.1, 0.15) is 0 Å². The summed E-state index contributed by atoms with van der Waals surface area (Å²) >= 11 is 0. The van der Waals surface area contributed by atoms with Crippen LogP contribution < -0.4 is 10.6 Å². The third kappa shape index (κ3) is 6.22. The Labute approximate surface area is 128 Å². The Hall–Kier alpha value is -0.810. The molecule has 1 aliphatic carbocycles. The first-order valence-corrected chi connectivity index (χ1v) is 8.55. The lowest BCUT2D eigenvalue weighted by Crippen LogP contribution is -2.43. The van der Waals surface area contributed by atoms with E-state index in [1.165, 1.54) is 12.8 Å². The number of aliphatic hydroxyl groups is 1. The summed E-state index contributed by atoms with van der Waals surface area (Å²) in [6.45, 7) is 6.97. The summed E-state index contributed by atoms with van der Waals surface area (Å²) in [7, 11) is 0. The van der Waals surface area contributed by atoms with E-state index in [0.717, 1.165) is 51.2 Å². The Bertz CT molecular complexity index is 317. The fraction of sp³-hybridized carbons (Fsp3) is 0.938. The highest BCUT2D eigenvalue weighted by atomic mass is 16.3. The normalized spacial score (nSPS) is 28.3. The summed E-state index contributed by atoms with van der Waals surface area (Å²) in [5.41, 5.74) is 0. The van der Waals surface area contributed by atoms with Crippen LogP contribution in [-0.4, -0.2) is 54.9 Å². The zero-order valence-corrected chi connectivity index (χ0v) is 13.3. The Morgan fingerprint density at radius 1 is 1.19 bits per heavy atom. The van der Waals surface area contributed by atoms with Crippen molar-refractivity contribution in [2.45, 2.75) is 51.6 Å². The van der Waals surface area contributed by atoms with E-state index in [2.05, 4.69) is 22.5 Å². The van der Waals surface area contributed by atoms with Gasteiger partial charge in [0.15, 0.2) is 0 Å². The van der Waals surface area contributed by atoms with Crippen molar-refractivity contribution >= 4 is 6.03 Å². The maximum atomic E-state index is 11.8. The average molecular weight is 297 g/mol. The van der Waals surface area contributed by atoms with Crippen LogP contribution in [0.1, 0.15) is 45.4 Å². The van der Waals surface area contributed by atoms with Gasteiger partial charge in [0.05, 0.1) is 6.10 Å². The summed E-state index contributed by atoms with van der Waals surface area (Å²) in [6.07, 6.45) is 6.30. The molecule has 2 fully saturated rings. The summed E-state index contributed by atoms with van der Waals surface area (Å²) in [5, 5.41) is 15.5. The van der Waals surface area contributed by atoms with Crippen LogP contribution in [0.25, 0.3) is 0 Å². The van der Waals surface area contributed by atoms with Gasteiger partial charge < -0.3 is 20.6 Å². The number of likely N-dealkylation sites (tertiary alicyclic amines) is 1. The first-order valence-electron chi connectivity index (χ1n) is 8.55. The first kappa shape index (κ1) is 16.6. The maximum Gasteiger partial charge on any atom is 0.314 e. The molecule has 0 aromatic heterocycles. The smallest absolute Gasteiger partial charge is 0.314 e. The second-order valence-electron chi connectivity index (χ2n) is 6.85. The lowest BCUT2D eigenvalue weighted by Gasteiger charge is -2.30. The second kappa shape index (κ2) is 8.59. The average Bonchev–Trinajstić information content (AvgIpc) is 2.47. The zero-order chi connectivity index (χ0) is 15.1. The van der Waals surface area contributed by atoms with E-state index >= 15 is 0 Å². The number of amides is 2. The third-order valence-electron chi connectivity index (χ3n) is 4.90. The molecule has 0 bridgehead atoms. The van der Waals surface area contributed by atoms with Gasteiger partial charge in [-0.3, -0.25) is 0 Å². The molecule has 0 aromatic rings. The molecule has 5 nitrogen and oxygen atoms in total. The van der Waals surface area contributed by atoms with Crippen LogP contribution in [0.4, 0.5) is 4.79 Å². The van der Waals surface area contributed by atoms with Crippen LogP contribution in [0.5, 0.6) is 0 Å². The first-order chi connectivity index (χ1) is 10.1.